The van der Waals surface area contributed by atoms with Crippen LogP contribution < -0.4 is 0 Å². The van der Waals surface area contributed by atoms with Crippen molar-refractivity contribution in [2.75, 3.05) is 0 Å². The summed E-state index contributed by atoms with van der Waals surface area (Å²) in [5.41, 5.74) is 0. The Bertz CT molecular complexity index is 163. The first kappa shape index (κ1) is 36.0. The van der Waals surface area contributed by atoms with Crippen molar-refractivity contribution in [1.82, 2.24) is 0 Å². The maximum absolute atomic E-state index is 9.00. The Morgan fingerprint density at radius 1 is 0.556 bits per heavy atom. The maximum atomic E-state index is 9.00. The van der Waals surface area contributed by atoms with Crippen LogP contribution in [0.1, 0.15) is 27.7 Å². The number of hydrogen-bond donors (Lipinski definition) is 4. The fraction of sp³-hybridized carbons (Fsp3) is 0.500. The molecule has 0 aromatic carbocycles. The fourth-order valence-corrected chi connectivity index (χ4v) is 0. The molecule has 2 radical (unpaired) electrons. The largest absolute Gasteiger partial charge is 0.481 e. The number of carboxylic acids is 4. The first-order chi connectivity index (χ1) is 6.93. The van der Waals surface area contributed by atoms with E-state index in [1.165, 1.54) is 0 Å². The molecule has 0 saturated heterocycles. The second-order valence-corrected chi connectivity index (χ2v) is 2.08. The summed E-state index contributed by atoms with van der Waals surface area (Å²) in [7, 11) is 0. The summed E-state index contributed by atoms with van der Waals surface area (Å²) < 4.78 is 0. The van der Waals surface area contributed by atoms with Gasteiger partial charge in [0, 0.05) is 59.4 Å². The molecule has 0 unspecified atom stereocenters. The molecule has 0 aliphatic rings. The van der Waals surface area contributed by atoms with Crippen LogP contribution in [0.3, 0.4) is 0 Å². The predicted octanol–water partition coefficient (Wildman–Crippen LogP) is 0.242. The molecule has 0 fully saturated rings. The van der Waals surface area contributed by atoms with Gasteiger partial charge >= 0.3 is 0 Å². The molecule has 0 aromatic heterocycles. The van der Waals surface area contributed by atoms with Gasteiger partial charge in [-0.25, -0.2) is 0 Å². The summed E-state index contributed by atoms with van der Waals surface area (Å²) in [6, 6.07) is 0. The van der Waals surface area contributed by atoms with Crippen LogP contribution >= 0.6 is 0 Å². The molecule has 0 atom stereocenters. The van der Waals surface area contributed by atoms with Crippen molar-refractivity contribution < 1.29 is 71.3 Å². The zero-order valence-corrected chi connectivity index (χ0v) is 12.8. The Balaban J connectivity index is -0.0000000257. The van der Waals surface area contributed by atoms with E-state index in [1.54, 1.807) is 0 Å². The number of hydrogen-bond acceptors (Lipinski definition) is 4. The van der Waals surface area contributed by atoms with E-state index in [0.29, 0.717) is 0 Å². The topological polar surface area (TPSA) is 178 Å². The molecule has 0 aliphatic carbocycles. The van der Waals surface area contributed by atoms with Crippen molar-refractivity contribution >= 4 is 23.9 Å². The minimum absolute atomic E-state index is 0. The van der Waals surface area contributed by atoms with Crippen molar-refractivity contribution in [2.45, 2.75) is 27.7 Å². The van der Waals surface area contributed by atoms with Crippen LogP contribution in [-0.2, 0) is 50.9 Å². The van der Waals surface area contributed by atoms with Crippen LogP contribution in [-0.4, -0.2) is 44.3 Å². The van der Waals surface area contributed by atoms with Gasteiger partial charge in [0.1, 0.15) is 0 Å². The summed E-state index contributed by atoms with van der Waals surface area (Å²) in [4.78, 5) is 36.0. The smallest absolute Gasteiger partial charge is 0.300 e. The van der Waals surface area contributed by atoms with Gasteiger partial charge in [-0.3, -0.25) is 19.2 Å². The van der Waals surface area contributed by atoms with Gasteiger partial charge in [0.15, 0.2) is 0 Å². The van der Waals surface area contributed by atoms with Gasteiger partial charge in [-0.2, -0.15) is 0 Å². The molecule has 0 saturated carbocycles. The molecular formula is C8H16O9Zr. The van der Waals surface area contributed by atoms with Gasteiger partial charge in [0.2, 0.25) is 0 Å². The molecule has 0 heterocycles. The molecule has 0 aromatic rings. The van der Waals surface area contributed by atoms with Crippen molar-refractivity contribution in [2.24, 2.45) is 0 Å². The Morgan fingerprint density at radius 3 is 0.556 bits per heavy atom. The third-order valence-electron chi connectivity index (χ3n) is 0. The van der Waals surface area contributed by atoms with Crippen LogP contribution in [0.2, 0.25) is 0 Å². The maximum Gasteiger partial charge on any atom is 0.300 e. The first-order valence-corrected chi connectivity index (χ1v) is 3.71. The number of carbonyl (C=O) groups is 4. The fourth-order valence-electron chi connectivity index (χ4n) is 0. The van der Waals surface area contributed by atoms with Gasteiger partial charge in [0.05, 0.1) is 0 Å². The van der Waals surface area contributed by atoms with Gasteiger partial charge in [-0.1, -0.05) is 0 Å². The zero-order valence-electron chi connectivity index (χ0n) is 10.3. The van der Waals surface area contributed by atoms with Crippen LogP contribution in [0.15, 0.2) is 0 Å². The molecule has 9 nitrogen and oxygen atoms in total. The summed E-state index contributed by atoms with van der Waals surface area (Å²) in [5, 5.41) is 29.7. The van der Waals surface area contributed by atoms with Crippen LogP contribution in [0.5, 0.6) is 0 Å². The average molecular weight is 347 g/mol. The minimum atomic E-state index is -0.833. The Labute approximate surface area is 123 Å². The zero-order chi connectivity index (χ0) is 14.3. The normalized spacial score (nSPS) is 5.56. The van der Waals surface area contributed by atoms with Crippen molar-refractivity contribution in [3.05, 3.63) is 0 Å². The molecule has 0 spiro atoms. The van der Waals surface area contributed by atoms with E-state index in [4.69, 9.17) is 39.6 Å². The molecule has 0 bridgehead atoms. The first-order valence-electron chi connectivity index (χ1n) is 3.71. The van der Waals surface area contributed by atoms with Crippen molar-refractivity contribution in [3.63, 3.8) is 0 Å². The molecule has 0 amide bonds. The third kappa shape index (κ3) is 1700. The van der Waals surface area contributed by atoms with Gasteiger partial charge in [0.25, 0.3) is 23.9 Å². The third-order valence-corrected chi connectivity index (χ3v) is 0. The molecule has 4 N–H and O–H groups in total. The van der Waals surface area contributed by atoms with E-state index in [1.807, 2.05) is 0 Å². The molecule has 106 valence electrons. The summed E-state index contributed by atoms with van der Waals surface area (Å²) in [5.74, 6) is -3.33. The minimum Gasteiger partial charge on any atom is -0.481 e. The second-order valence-electron chi connectivity index (χ2n) is 2.08. The summed E-state index contributed by atoms with van der Waals surface area (Å²) in [6.07, 6.45) is 0. The van der Waals surface area contributed by atoms with Gasteiger partial charge in [-0.05, 0) is 0 Å². The van der Waals surface area contributed by atoms with Gasteiger partial charge in [-0.15, -0.1) is 0 Å². The average Bonchev–Trinajstić information content (AvgIpc) is 1.76. The molecular weight excluding hydrogens is 331 g/mol. The monoisotopic (exact) mass is 346 g/mol. The van der Waals surface area contributed by atoms with E-state index in [2.05, 4.69) is 0 Å². The van der Waals surface area contributed by atoms with E-state index >= 15 is 0 Å². The molecule has 0 rings (SSSR count). The van der Waals surface area contributed by atoms with Crippen molar-refractivity contribution in [3.8, 4) is 0 Å². The van der Waals surface area contributed by atoms with Gasteiger partial charge < -0.3 is 20.4 Å². The van der Waals surface area contributed by atoms with Crippen molar-refractivity contribution in [1.29, 1.82) is 0 Å². The van der Waals surface area contributed by atoms with Crippen LogP contribution in [0.4, 0.5) is 0 Å². The van der Waals surface area contributed by atoms with E-state index in [9.17, 15) is 0 Å². The van der Waals surface area contributed by atoms with Crippen LogP contribution in [0, 0.1) is 0 Å². The van der Waals surface area contributed by atoms with E-state index < -0.39 is 23.9 Å². The summed E-state index contributed by atoms with van der Waals surface area (Å²) >= 11 is 0. The molecule has 18 heavy (non-hydrogen) atoms. The number of rotatable bonds is 0. The van der Waals surface area contributed by atoms with Crippen LogP contribution in [0.25, 0.3) is 0 Å². The number of carboxylic acid groups (broad SMARTS) is 4. The standard InChI is InChI=1S/4C2H4O2.O.Zr/c4*1-2(3)4;;/h4*1H3,(H,3,4);;. The van der Waals surface area contributed by atoms with E-state index in [-0.39, 0.29) is 31.7 Å². The Morgan fingerprint density at radius 2 is 0.556 bits per heavy atom. The Hall–Kier alpha value is -1.28. The second kappa shape index (κ2) is 29.6. The molecule has 0 aliphatic heterocycles. The molecule has 10 heteroatoms. The Kier molecular flexibility index (Phi) is 59.2. The van der Waals surface area contributed by atoms with E-state index in [0.717, 1.165) is 27.7 Å². The summed E-state index contributed by atoms with van der Waals surface area (Å²) in [6.45, 7) is 4.33. The number of aliphatic carboxylic acids is 4. The SMILES string of the molecule is CC(=O)O.CC(=O)O.CC(=O)O.CC(=O)O.[O].[Zr]. The quantitative estimate of drug-likeness (QED) is 0.481. The predicted molar refractivity (Wildman–Crippen MR) is 53.9 cm³/mol.